The topological polar surface area (TPSA) is 96.0 Å². The summed E-state index contributed by atoms with van der Waals surface area (Å²) in [5, 5.41) is 0. The molecule has 2 saturated carbocycles. The van der Waals surface area contributed by atoms with Gasteiger partial charge in [0, 0.05) is 20.3 Å². The molecule has 0 saturated heterocycles. The lowest BCUT2D eigenvalue weighted by Gasteiger charge is -2.39. The Kier molecular flexibility index (Phi) is 7.43. The quantitative estimate of drug-likeness (QED) is 0.303. The molecule has 1 aromatic rings. The van der Waals surface area contributed by atoms with Gasteiger partial charge >= 0.3 is 17.9 Å². The Morgan fingerprint density at radius 1 is 1.03 bits per heavy atom. The highest BCUT2D eigenvalue weighted by Crippen LogP contribution is 2.62. The molecule has 1 unspecified atom stereocenters. The zero-order chi connectivity index (χ0) is 28.0. The third-order valence-electron chi connectivity index (χ3n) is 8.77. The van der Waals surface area contributed by atoms with Crippen molar-refractivity contribution >= 4 is 23.7 Å². The van der Waals surface area contributed by atoms with Crippen LogP contribution in [0.4, 0.5) is 0 Å². The predicted octanol–water partition coefficient (Wildman–Crippen LogP) is 5.24. The fourth-order valence-electron chi connectivity index (χ4n) is 6.80. The highest BCUT2D eigenvalue weighted by atomic mass is 16.6. The summed E-state index contributed by atoms with van der Waals surface area (Å²) in [6.07, 6.45) is 1.63. The van der Waals surface area contributed by atoms with E-state index >= 15 is 0 Å². The van der Waals surface area contributed by atoms with Crippen molar-refractivity contribution < 1.29 is 33.4 Å². The van der Waals surface area contributed by atoms with Crippen LogP contribution in [-0.4, -0.2) is 41.5 Å². The molecule has 7 heteroatoms. The second kappa shape index (κ2) is 10.2. The molecule has 0 spiro atoms. The number of fused-ring (bicyclic) bond motifs is 2. The van der Waals surface area contributed by atoms with Crippen LogP contribution in [0.1, 0.15) is 71.2 Å². The molecule has 0 heterocycles. The van der Waals surface area contributed by atoms with Gasteiger partial charge in [-0.2, -0.15) is 0 Å². The highest BCUT2D eigenvalue weighted by molar-refractivity contribution is 6.03. The van der Waals surface area contributed by atoms with E-state index in [4.69, 9.17) is 14.2 Å². The molecule has 3 aliphatic rings. The largest absolute Gasteiger partial charge is 0.458 e. The Hall–Kier alpha value is -3.22. The standard InChI is InChI=1S/C31H38O7/c1-17-13-14-23-24(30(23,6)7)15-18(2)28(34)31(38-21(5)33)16-19(3)27(25(31)26(17)36-20(4)32)37-29(35)22-11-9-8-10-12-22/h8-12,15,19,23-27H,1,13-14,16H2,2-7H3/b18-15+/t19-,23-,24+,25-,26?,27-,31+/m0/s1. The summed E-state index contributed by atoms with van der Waals surface area (Å²) < 4.78 is 17.9. The second-order valence-corrected chi connectivity index (χ2v) is 11.8. The van der Waals surface area contributed by atoms with Gasteiger partial charge in [-0.15, -0.1) is 0 Å². The van der Waals surface area contributed by atoms with E-state index in [1.807, 2.05) is 13.0 Å². The molecule has 204 valence electrons. The maximum atomic E-state index is 14.3. The Bertz CT molecular complexity index is 1180. The van der Waals surface area contributed by atoms with Crippen molar-refractivity contribution in [1.29, 1.82) is 0 Å². The molecule has 7 atom stereocenters. The molecule has 0 amide bonds. The maximum Gasteiger partial charge on any atom is 0.338 e. The summed E-state index contributed by atoms with van der Waals surface area (Å²) in [5.41, 5.74) is -0.203. The van der Waals surface area contributed by atoms with Crippen LogP contribution in [0.2, 0.25) is 0 Å². The fourth-order valence-corrected chi connectivity index (χ4v) is 6.80. The summed E-state index contributed by atoms with van der Waals surface area (Å²) in [6, 6.07) is 8.56. The maximum absolute atomic E-state index is 14.3. The van der Waals surface area contributed by atoms with Gasteiger partial charge in [-0.05, 0) is 66.2 Å². The van der Waals surface area contributed by atoms with Crippen LogP contribution in [0, 0.1) is 29.1 Å². The number of ketones is 1. The van der Waals surface area contributed by atoms with Gasteiger partial charge in [0.15, 0.2) is 5.60 Å². The number of Topliss-reactive ketones (excluding diaryl/α,β-unsaturated/α-hetero) is 1. The average molecular weight is 523 g/mol. The number of carbonyl (C=O) groups is 4. The van der Waals surface area contributed by atoms with Crippen molar-refractivity contribution in [3.05, 3.63) is 59.7 Å². The van der Waals surface area contributed by atoms with Gasteiger partial charge < -0.3 is 14.2 Å². The van der Waals surface area contributed by atoms with Gasteiger partial charge in [-0.25, -0.2) is 4.79 Å². The Balaban J connectivity index is 1.87. The first-order chi connectivity index (χ1) is 17.8. The first-order valence-electron chi connectivity index (χ1n) is 13.3. The van der Waals surface area contributed by atoms with E-state index in [1.165, 1.54) is 13.8 Å². The van der Waals surface area contributed by atoms with Crippen molar-refractivity contribution in [2.24, 2.45) is 29.1 Å². The number of ether oxygens (including phenoxy) is 3. The lowest BCUT2D eigenvalue weighted by molar-refractivity contribution is -0.179. The molecule has 0 bridgehead atoms. The molecule has 38 heavy (non-hydrogen) atoms. The van der Waals surface area contributed by atoms with E-state index < -0.39 is 41.6 Å². The van der Waals surface area contributed by atoms with Crippen LogP contribution >= 0.6 is 0 Å². The van der Waals surface area contributed by atoms with Crippen LogP contribution in [0.15, 0.2) is 54.1 Å². The van der Waals surface area contributed by atoms with Crippen molar-refractivity contribution in [2.75, 3.05) is 0 Å². The number of benzene rings is 1. The van der Waals surface area contributed by atoms with Gasteiger partial charge in [-0.1, -0.05) is 51.6 Å². The number of rotatable bonds is 4. The Morgan fingerprint density at radius 3 is 2.29 bits per heavy atom. The lowest BCUT2D eigenvalue weighted by Crippen LogP contribution is -2.55. The molecule has 0 radical (unpaired) electrons. The smallest absolute Gasteiger partial charge is 0.338 e. The minimum Gasteiger partial charge on any atom is -0.458 e. The molecule has 1 aromatic carbocycles. The fraction of sp³-hybridized carbons (Fsp3) is 0.548. The van der Waals surface area contributed by atoms with Gasteiger partial charge in [0.1, 0.15) is 12.2 Å². The first-order valence-corrected chi connectivity index (χ1v) is 13.3. The Morgan fingerprint density at radius 2 is 1.68 bits per heavy atom. The van der Waals surface area contributed by atoms with E-state index in [1.54, 1.807) is 37.3 Å². The van der Waals surface area contributed by atoms with Crippen LogP contribution in [0.25, 0.3) is 0 Å². The van der Waals surface area contributed by atoms with Crippen LogP contribution in [-0.2, 0) is 28.6 Å². The van der Waals surface area contributed by atoms with Crippen molar-refractivity contribution in [2.45, 2.75) is 78.6 Å². The first kappa shape index (κ1) is 27.8. The third-order valence-corrected chi connectivity index (χ3v) is 8.77. The second-order valence-electron chi connectivity index (χ2n) is 11.8. The van der Waals surface area contributed by atoms with Crippen LogP contribution in [0.5, 0.6) is 0 Å². The summed E-state index contributed by atoms with van der Waals surface area (Å²) in [6.45, 7) is 14.8. The van der Waals surface area contributed by atoms with E-state index in [2.05, 4.69) is 20.4 Å². The van der Waals surface area contributed by atoms with Crippen molar-refractivity contribution in [3.8, 4) is 0 Å². The molecule has 0 N–H and O–H groups in total. The average Bonchev–Trinajstić information content (AvgIpc) is 3.24. The molecule has 3 aliphatic carbocycles. The summed E-state index contributed by atoms with van der Waals surface area (Å²) in [5.74, 6) is -2.89. The molecule has 0 aromatic heterocycles. The van der Waals surface area contributed by atoms with Gasteiger partial charge in [0.2, 0.25) is 5.78 Å². The molecule has 2 fully saturated rings. The molecular formula is C31H38O7. The number of esters is 3. The minimum atomic E-state index is -1.69. The third kappa shape index (κ3) is 4.95. The van der Waals surface area contributed by atoms with Gasteiger partial charge in [0.25, 0.3) is 0 Å². The predicted molar refractivity (Wildman–Crippen MR) is 141 cm³/mol. The Labute approximate surface area is 224 Å². The molecule has 4 rings (SSSR count). The summed E-state index contributed by atoms with van der Waals surface area (Å²) in [4.78, 5) is 52.4. The van der Waals surface area contributed by atoms with Gasteiger partial charge in [0.05, 0.1) is 11.5 Å². The highest BCUT2D eigenvalue weighted by Gasteiger charge is 2.65. The normalized spacial score (nSPS) is 35.5. The van der Waals surface area contributed by atoms with Crippen molar-refractivity contribution in [1.82, 2.24) is 0 Å². The van der Waals surface area contributed by atoms with E-state index in [0.29, 0.717) is 29.0 Å². The minimum absolute atomic E-state index is 0.0165. The van der Waals surface area contributed by atoms with Crippen LogP contribution in [0.3, 0.4) is 0 Å². The molecular weight excluding hydrogens is 484 g/mol. The molecule has 0 aliphatic heterocycles. The van der Waals surface area contributed by atoms with E-state index in [9.17, 15) is 19.2 Å². The number of carbonyl (C=O) groups excluding carboxylic acids is 4. The van der Waals surface area contributed by atoms with Gasteiger partial charge in [-0.3, -0.25) is 14.4 Å². The van der Waals surface area contributed by atoms with E-state index in [-0.39, 0.29) is 29.5 Å². The molecule has 7 nitrogen and oxygen atoms in total. The SMILES string of the molecule is C=C1CC[C@H]2[C@@H](/C=C(\C)C(=O)[C@@]3(OC(C)=O)C[C@H](C)[C@H](OC(=O)c4ccccc4)[C@@H]3C1OC(C)=O)C2(C)C. The van der Waals surface area contributed by atoms with E-state index in [0.717, 1.165) is 6.42 Å². The number of allylic oxidation sites excluding steroid dienone is 1. The lowest BCUT2D eigenvalue weighted by atomic mass is 9.76. The number of hydrogen-bond acceptors (Lipinski definition) is 7. The zero-order valence-corrected chi connectivity index (χ0v) is 23.1. The number of hydrogen-bond donors (Lipinski definition) is 0. The zero-order valence-electron chi connectivity index (χ0n) is 23.1. The summed E-state index contributed by atoms with van der Waals surface area (Å²) in [7, 11) is 0. The van der Waals surface area contributed by atoms with Crippen molar-refractivity contribution in [3.63, 3.8) is 0 Å². The monoisotopic (exact) mass is 522 g/mol. The summed E-state index contributed by atoms with van der Waals surface area (Å²) >= 11 is 0. The van der Waals surface area contributed by atoms with Crippen LogP contribution < -0.4 is 0 Å².